The van der Waals surface area contributed by atoms with Crippen LogP contribution in [0.5, 0.6) is 5.75 Å². The van der Waals surface area contributed by atoms with E-state index in [2.05, 4.69) is 38.7 Å². The number of aryl methyl sites for hydroxylation is 1. The highest BCUT2D eigenvalue weighted by Crippen LogP contribution is 2.38. The van der Waals surface area contributed by atoms with Crippen molar-refractivity contribution in [3.63, 3.8) is 0 Å². The van der Waals surface area contributed by atoms with Crippen LogP contribution in [0.2, 0.25) is 0 Å². The third-order valence-corrected chi connectivity index (χ3v) is 4.15. The molecular formula is C21H25NO2. The van der Waals surface area contributed by atoms with Gasteiger partial charge in [-0.15, -0.1) is 0 Å². The molecule has 0 radical (unpaired) electrons. The summed E-state index contributed by atoms with van der Waals surface area (Å²) >= 11 is 0. The van der Waals surface area contributed by atoms with E-state index in [0.29, 0.717) is 6.61 Å². The lowest BCUT2D eigenvalue weighted by Gasteiger charge is -2.23. The number of rotatable bonds is 4. The van der Waals surface area contributed by atoms with Crippen LogP contribution in [-0.2, 0) is 6.42 Å². The first kappa shape index (κ1) is 16.6. The van der Waals surface area contributed by atoms with E-state index in [4.69, 9.17) is 4.74 Å². The standard InChI is InChI=1S/C21H25NO2/c1-5-8-16-15-11-12-22-20(23)18(15)14-9-6-7-10-17(14)19(16)24-13-21(2,3)4/h6-7,9-12H,5,8,13H2,1-4H3,(H,22,23). The van der Waals surface area contributed by atoms with E-state index in [1.54, 1.807) is 6.20 Å². The number of aromatic nitrogens is 1. The van der Waals surface area contributed by atoms with Gasteiger partial charge in [-0.05, 0) is 28.7 Å². The summed E-state index contributed by atoms with van der Waals surface area (Å²) in [5, 5.41) is 3.75. The molecule has 2 aromatic carbocycles. The number of ether oxygens (including phenoxy) is 1. The van der Waals surface area contributed by atoms with Crippen molar-refractivity contribution >= 4 is 21.5 Å². The summed E-state index contributed by atoms with van der Waals surface area (Å²) < 4.78 is 6.30. The van der Waals surface area contributed by atoms with E-state index in [-0.39, 0.29) is 11.0 Å². The third kappa shape index (κ3) is 3.03. The summed E-state index contributed by atoms with van der Waals surface area (Å²) in [6.45, 7) is 9.30. The molecule has 24 heavy (non-hydrogen) atoms. The first-order valence-electron chi connectivity index (χ1n) is 8.60. The van der Waals surface area contributed by atoms with E-state index in [9.17, 15) is 4.79 Å². The Morgan fingerprint density at radius 3 is 2.42 bits per heavy atom. The maximum Gasteiger partial charge on any atom is 0.256 e. The van der Waals surface area contributed by atoms with Crippen LogP contribution in [0.4, 0.5) is 0 Å². The van der Waals surface area contributed by atoms with Gasteiger partial charge < -0.3 is 9.72 Å². The molecule has 0 aliphatic rings. The van der Waals surface area contributed by atoms with Gasteiger partial charge in [-0.25, -0.2) is 0 Å². The van der Waals surface area contributed by atoms with Crippen molar-refractivity contribution in [3.8, 4) is 5.75 Å². The monoisotopic (exact) mass is 323 g/mol. The molecular weight excluding hydrogens is 298 g/mol. The molecule has 3 aromatic rings. The van der Waals surface area contributed by atoms with E-state index in [1.165, 1.54) is 0 Å². The van der Waals surface area contributed by atoms with E-state index < -0.39 is 0 Å². The fraction of sp³-hybridized carbons (Fsp3) is 0.381. The lowest BCUT2D eigenvalue weighted by Crippen LogP contribution is -2.18. The minimum atomic E-state index is -0.0385. The highest BCUT2D eigenvalue weighted by Gasteiger charge is 2.19. The van der Waals surface area contributed by atoms with E-state index in [1.807, 2.05) is 24.3 Å². The summed E-state index contributed by atoms with van der Waals surface area (Å²) in [4.78, 5) is 15.3. The molecule has 126 valence electrons. The molecule has 0 aliphatic heterocycles. The maximum absolute atomic E-state index is 12.5. The SMILES string of the molecule is CCCc1c(OCC(C)(C)C)c2ccccc2c2c(=O)[nH]ccc12. The van der Waals surface area contributed by atoms with Gasteiger partial charge in [0.05, 0.1) is 12.0 Å². The van der Waals surface area contributed by atoms with Crippen LogP contribution < -0.4 is 10.3 Å². The molecule has 0 fully saturated rings. The number of fused-ring (bicyclic) bond motifs is 3. The Morgan fingerprint density at radius 1 is 1.04 bits per heavy atom. The molecule has 0 saturated carbocycles. The van der Waals surface area contributed by atoms with Crippen molar-refractivity contribution in [1.29, 1.82) is 0 Å². The average molecular weight is 323 g/mol. The second kappa shape index (κ2) is 6.31. The second-order valence-electron chi connectivity index (χ2n) is 7.55. The van der Waals surface area contributed by atoms with Crippen molar-refractivity contribution < 1.29 is 4.74 Å². The fourth-order valence-corrected chi connectivity index (χ4v) is 3.13. The van der Waals surface area contributed by atoms with Gasteiger partial charge in [-0.1, -0.05) is 58.4 Å². The van der Waals surface area contributed by atoms with Crippen LogP contribution in [-0.4, -0.2) is 11.6 Å². The van der Waals surface area contributed by atoms with Gasteiger partial charge in [-0.3, -0.25) is 4.79 Å². The zero-order valence-electron chi connectivity index (χ0n) is 14.9. The van der Waals surface area contributed by atoms with Crippen molar-refractivity contribution in [2.75, 3.05) is 6.61 Å². The van der Waals surface area contributed by atoms with Crippen molar-refractivity contribution in [2.24, 2.45) is 5.41 Å². The lowest BCUT2D eigenvalue weighted by molar-refractivity contribution is 0.198. The molecule has 0 unspecified atom stereocenters. The van der Waals surface area contributed by atoms with Gasteiger partial charge in [0.2, 0.25) is 0 Å². The van der Waals surface area contributed by atoms with Gasteiger partial charge in [0.25, 0.3) is 5.56 Å². The largest absolute Gasteiger partial charge is 0.492 e. The number of H-pyrrole nitrogens is 1. The Balaban J connectivity index is 2.38. The fourth-order valence-electron chi connectivity index (χ4n) is 3.13. The van der Waals surface area contributed by atoms with Gasteiger partial charge >= 0.3 is 0 Å². The number of nitrogens with one attached hydrogen (secondary N) is 1. The number of aromatic amines is 1. The number of benzene rings is 2. The van der Waals surface area contributed by atoms with Crippen LogP contribution in [0.25, 0.3) is 21.5 Å². The van der Waals surface area contributed by atoms with E-state index in [0.717, 1.165) is 45.7 Å². The summed E-state index contributed by atoms with van der Waals surface area (Å²) in [6, 6.07) is 10.0. The summed E-state index contributed by atoms with van der Waals surface area (Å²) in [5.74, 6) is 0.931. The molecule has 0 spiro atoms. The van der Waals surface area contributed by atoms with Crippen LogP contribution in [0.15, 0.2) is 41.3 Å². The molecule has 0 amide bonds. The summed E-state index contributed by atoms with van der Waals surface area (Å²) in [7, 11) is 0. The smallest absolute Gasteiger partial charge is 0.256 e. The number of pyridine rings is 1. The second-order valence-corrected chi connectivity index (χ2v) is 7.55. The Kier molecular flexibility index (Phi) is 4.35. The molecule has 0 bridgehead atoms. The summed E-state index contributed by atoms with van der Waals surface area (Å²) in [5.41, 5.74) is 1.18. The Morgan fingerprint density at radius 2 is 1.75 bits per heavy atom. The highest BCUT2D eigenvalue weighted by molar-refractivity contribution is 6.11. The maximum atomic E-state index is 12.5. The van der Waals surface area contributed by atoms with E-state index >= 15 is 0 Å². The van der Waals surface area contributed by atoms with Gasteiger partial charge in [0.1, 0.15) is 5.75 Å². The topological polar surface area (TPSA) is 42.1 Å². The van der Waals surface area contributed by atoms with Gasteiger partial charge in [-0.2, -0.15) is 0 Å². The van der Waals surface area contributed by atoms with Crippen molar-refractivity contribution in [2.45, 2.75) is 40.5 Å². The van der Waals surface area contributed by atoms with Gasteiger partial charge in [0, 0.05) is 17.1 Å². The predicted molar refractivity (Wildman–Crippen MR) is 101 cm³/mol. The van der Waals surface area contributed by atoms with Gasteiger partial charge in [0.15, 0.2) is 0 Å². The van der Waals surface area contributed by atoms with Crippen molar-refractivity contribution in [3.05, 3.63) is 52.4 Å². The Hall–Kier alpha value is -2.29. The van der Waals surface area contributed by atoms with Crippen LogP contribution >= 0.6 is 0 Å². The molecule has 1 aromatic heterocycles. The van der Waals surface area contributed by atoms with Crippen LogP contribution in [0.1, 0.15) is 39.7 Å². The third-order valence-electron chi connectivity index (χ3n) is 4.15. The molecule has 0 aliphatic carbocycles. The van der Waals surface area contributed by atoms with Crippen LogP contribution in [0.3, 0.4) is 0 Å². The highest BCUT2D eigenvalue weighted by atomic mass is 16.5. The number of hydrogen-bond acceptors (Lipinski definition) is 2. The summed E-state index contributed by atoms with van der Waals surface area (Å²) in [6.07, 6.45) is 3.63. The minimum Gasteiger partial charge on any atom is -0.492 e. The normalized spacial score (nSPS) is 12.0. The lowest BCUT2D eigenvalue weighted by atomic mass is 9.94. The molecule has 1 N–H and O–H groups in total. The Labute approximate surface area is 142 Å². The first-order chi connectivity index (χ1) is 11.4. The van der Waals surface area contributed by atoms with Crippen LogP contribution in [0, 0.1) is 5.41 Å². The molecule has 1 heterocycles. The minimum absolute atomic E-state index is 0.0385. The predicted octanol–water partition coefficient (Wildman–Crippen LogP) is 5.06. The van der Waals surface area contributed by atoms with Crippen molar-refractivity contribution in [1.82, 2.24) is 4.98 Å². The molecule has 3 heteroatoms. The molecule has 0 saturated heterocycles. The molecule has 3 rings (SSSR count). The molecule has 3 nitrogen and oxygen atoms in total. The quantitative estimate of drug-likeness (QED) is 0.682. The molecule has 0 atom stereocenters. The first-order valence-corrected chi connectivity index (χ1v) is 8.60. The zero-order valence-corrected chi connectivity index (χ0v) is 14.9. The number of hydrogen-bond donors (Lipinski definition) is 1. The Bertz CT molecular complexity index is 932. The zero-order chi connectivity index (χ0) is 17.3. The average Bonchev–Trinajstić information content (AvgIpc) is 2.53.